The van der Waals surface area contributed by atoms with Crippen LogP contribution in [0.25, 0.3) is 0 Å². The van der Waals surface area contributed by atoms with E-state index in [0.717, 1.165) is 12.2 Å². The highest BCUT2D eigenvalue weighted by atomic mass is 35.5. The maximum absolute atomic E-state index is 12.1. The van der Waals surface area contributed by atoms with Crippen molar-refractivity contribution in [1.29, 1.82) is 0 Å². The summed E-state index contributed by atoms with van der Waals surface area (Å²) in [5.74, 6) is 0.880. The number of rotatable bonds is 3. The zero-order valence-corrected chi connectivity index (χ0v) is 10.1. The topological polar surface area (TPSA) is 56.2 Å². The first-order chi connectivity index (χ1) is 8.10. The summed E-state index contributed by atoms with van der Waals surface area (Å²) >= 11 is 5.85. The van der Waals surface area contributed by atoms with Crippen molar-refractivity contribution in [1.82, 2.24) is 0 Å². The van der Waals surface area contributed by atoms with Crippen molar-refractivity contribution in [2.45, 2.75) is 13.3 Å². The SMILES string of the molecule is CCc1ccc(C(=O)c2cc(N)cc(Cl)c2)o1. The molecule has 4 heteroatoms. The summed E-state index contributed by atoms with van der Waals surface area (Å²) in [6.45, 7) is 1.96. The second kappa shape index (κ2) is 4.63. The van der Waals surface area contributed by atoms with Crippen LogP contribution in [0.3, 0.4) is 0 Å². The Labute approximate surface area is 104 Å². The van der Waals surface area contributed by atoms with Crippen LogP contribution in [0.15, 0.2) is 34.7 Å². The number of hydrogen-bond acceptors (Lipinski definition) is 3. The molecule has 0 radical (unpaired) electrons. The predicted octanol–water partition coefficient (Wildman–Crippen LogP) is 3.31. The summed E-state index contributed by atoms with van der Waals surface area (Å²) < 4.78 is 5.40. The molecule has 0 aliphatic rings. The smallest absolute Gasteiger partial charge is 0.228 e. The molecule has 88 valence electrons. The molecule has 0 saturated carbocycles. The van der Waals surface area contributed by atoms with E-state index in [-0.39, 0.29) is 5.78 Å². The van der Waals surface area contributed by atoms with Crippen LogP contribution in [0.2, 0.25) is 5.02 Å². The van der Waals surface area contributed by atoms with Crippen molar-refractivity contribution in [2.24, 2.45) is 0 Å². The second-order valence-corrected chi connectivity index (χ2v) is 4.16. The van der Waals surface area contributed by atoms with Crippen molar-refractivity contribution < 1.29 is 9.21 Å². The molecule has 17 heavy (non-hydrogen) atoms. The van der Waals surface area contributed by atoms with E-state index < -0.39 is 0 Å². The number of hydrogen-bond donors (Lipinski definition) is 1. The fraction of sp³-hybridized carbons (Fsp3) is 0.154. The normalized spacial score (nSPS) is 10.5. The first-order valence-corrected chi connectivity index (χ1v) is 5.67. The number of aryl methyl sites for hydroxylation is 1. The molecule has 2 rings (SSSR count). The number of benzene rings is 1. The second-order valence-electron chi connectivity index (χ2n) is 3.72. The van der Waals surface area contributed by atoms with Crippen molar-refractivity contribution in [2.75, 3.05) is 5.73 Å². The molecule has 2 aromatic rings. The Balaban J connectivity index is 2.36. The maximum atomic E-state index is 12.1. The average molecular weight is 250 g/mol. The van der Waals surface area contributed by atoms with Gasteiger partial charge in [-0.05, 0) is 30.3 Å². The molecule has 3 nitrogen and oxygen atoms in total. The largest absolute Gasteiger partial charge is 0.458 e. The van der Waals surface area contributed by atoms with E-state index >= 15 is 0 Å². The summed E-state index contributed by atoms with van der Waals surface area (Å²) in [6.07, 6.45) is 0.755. The van der Waals surface area contributed by atoms with E-state index in [9.17, 15) is 4.79 Å². The van der Waals surface area contributed by atoms with Gasteiger partial charge in [0.2, 0.25) is 5.78 Å². The quantitative estimate of drug-likeness (QED) is 0.671. The van der Waals surface area contributed by atoms with Crippen LogP contribution >= 0.6 is 11.6 Å². The molecule has 1 aromatic heterocycles. The number of carbonyl (C=O) groups excluding carboxylic acids is 1. The van der Waals surface area contributed by atoms with E-state index in [1.54, 1.807) is 30.3 Å². The maximum Gasteiger partial charge on any atom is 0.228 e. The zero-order chi connectivity index (χ0) is 12.4. The van der Waals surface area contributed by atoms with Crippen LogP contribution in [-0.4, -0.2) is 5.78 Å². The van der Waals surface area contributed by atoms with E-state index in [2.05, 4.69) is 0 Å². The Hall–Kier alpha value is -1.74. The standard InChI is InChI=1S/C13H12ClNO2/c1-2-11-3-4-12(17-11)13(16)8-5-9(14)7-10(15)6-8/h3-7H,2,15H2,1H3. The Morgan fingerprint density at radius 3 is 2.71 bits per heavy atom. The van der Waals surface area contributed by atoms with Gasteiger partial charge in [0.1, 0.15) is 5.76 Å². The molecule has 0 spiro atoms. The monoisotopic (exact) mass is 249 g/mol. The number of furan rings is 1. The van der Waals surface area contributed by atoms with Crippen LogP contribution < -0.4 is 5.73 Å². The third-order valence-corrected chi connectivity index (χ3v) is 2.63. The summed E-state index contributed by atoms with van der Waals surface area (Å²) in [5, 5.41) is 0.440. The zero-order valence-electron chi connectivity index (χ0n) is 9.37. The molecular formula is C13H12ClNO2. The minimum Gasteiger partial charge on any atom is -0.458 e. The molecular weight excluding hydrogens is 238 g/mol. The van der Waals surface area contributed by atoms with Crippen molar-refractivity contribution in [3.8, 4) is 0 Å². The Bertz CT molecular complexity index is 540. The predicted molar refractivity (Wildman–Crippen MR) is 67.4 cm³/mol. The molecule has 0 aliphatic carbocycles. The summed E-state index contributed by atoms with van der Waals surface area (Å²) in [5.41, 5.74) is 6.54. The van der Waals surface area contributed by atoms with Gasteiger partial charge in [0, 0.05) is 22.7 Å². The summed E-state index contributed by atoms with van der Waals surface area (Å²) in [7, 11) is 0. The van der Waals surface area contributed by atoms with Gasteiger partial charge in [-0.1, -0.05) is 18.5 Å². The van der Waals surface area contributed by atoms with Crippen LogP contribution in [0.4, 0.5) is 5.69 Å². The Kier molecular flexibility index (Phi) is 3.20. The first-order valence-electron chi connectivity index (χ1n) is 5.29. The molecule has 0 bridgehead atoms. The van der Waals surface area contributed by atoms with E-state index in [1.165, 1.54) is 0 Å². The fourth-order valence-electron chi connectivity index (χ4n) is 1.58. The summed E-state index contributed by atoms with van der Waals surface area (Å²) in [4.78, 5) is 12.1. The number of nitrogens with two attached hydrogens (primary N) is 1. The van der Waals surface area contributed by atoms with Gasteiger partial charge in [-0.3, -0.25) is 4.79 Å². The molecule has 1 aromatic carbocycles. The van der Waals surface area contributed by atoms with Crippen molar-refractivity contribution >= 4 is 23.1 Å². The van der Waals surface area contributed by atoms with Crippen molar-refractivity contribution in [3.63, 3.8) is 0 Å². The lowest BCUT2D eigenvalue weighted by atomic mass is 10.1. The van der Waals surface area contributed by atoms with Gasteiger partial charge in [0.05, 0.1) is 0 Å². The van der Waals surface area contributed by atoms with E-state index in [0.29, 0.717) is 22.0 Å². The third kappa shape index (κ3) is 2.50. The highest BCUT2D eigenvalue weighted by Gasteiger charge is 2.14. The van der Waals surface area contributed by atoms with Gasteiger partial charge in [-0.25, -0.2) is 0 Å². The molecule has 0 aliphatic heterocycles. The summed E-state index contributed by atoms with van der Waals surface area (Å²) in [6, 6.07) is 8.22. The molecule has 2 N–H and O–H groups in total. The van der Waals surface area contributed by atoms with Gasteiger partial charge in [-0.2, -0.15) is 0 Å². The first kappa shape index (κ1) is 11.7. The minimum atomic E-state index is -0.209. The number of halogens is 1. The Morgan fingerprint density at radius 1 is 1.35 bits per heavy atom. The molecule has 0 unspecified atom stereocenters. The third-order valence-electron chi connectivity index (χ3n) is 2.42. The molecule has 0 fully saturated rings. The number of ketones is 1. The molecule has 0 atom stereocenters. The van der Waals surface area contributed by atoms with Gasteiger partial charge >= 0.3 is 0 Å². The molecule has 0 saturated heterocycles. The lowest BCUT2D eigenvalue weighted by Gasteiger charge is -2.01. The lowest BCUT2D eigenvalue weighted by Crippen LogP contribution is -2.00. The van der Waals surface area contributed by atoms with Crippen LogP contribution in [0.5, 0.6) is 0 Å². The van der Waals surface area contributed by atoms with Gasteiger partial charge in [-0.15, -0.1) is 0 Å². The molecule has 1 heterocycles. The van der Waals surface area contributed by atoms with Crippen LogP contribution in [0, 0.1) is 0 Å². The highest BCUT2D eigenvalue weighted by Crippen LogP contribution is 2.20. The van der Waals surface area contributed by atoms with Gasteiger partial charge in [0.15, 0.2) is 5.76 Å². The average Bonchev–Trinajstić information content (AvgIpc) is 2.75. The number of carbonyl (C=O) groups is 1. The van der Waals surface area contributed by atoms with E-state index in [1.807, 2.05) is 6.92 Å². The van der Waals surface area contributed by atoms with Crippen LogP contribution in [-0.2, 0) is 6.42 Å². The van der Waals surface area contributed by atoms with Crippen LogP contribution in [0.1, 0.15) is 28.8 Å². The van der Waals surface area contributed by atoms with Gasteiger partial charge in [0.25, 0.3) is 0 Å². The van der Waals surface area contributed by atoms with Gasteiger partial charge < -0.3 is 10.2 Å². The fourth-order valence-corrected chi connectivity index (χ4v) is 1.82. The van der Waals surface area contributed by atoms with E-state index in [4.69, 9.17) is 21.8 Å². The minimum absolute atomic E-state index is 0.209. The number of anilines is 1. The highest BCUT2D eigenvalue weighted by molar-refractivity contribution is 6.31. The lowest BCUT2D eigenvalue weighted by molar-refractivity contribution is 0.101. The van der Waals surface area contributed by atoms with Crippen molar-refractivity contribution in [3.05, 3.63) is 52.4 Å². The number of nitrogen functional groups attached to an aromatic ring is 1. The molecule has 0 amide bonds. The Morgan fingerprint density at radius 2 is 2.12 bits per heavy atom.